The van der Waals surface area contributed by atoms with Gasteiger partial charge in [0.1, 0.15) is 17.2 Å². The Balaban J connectivity index is 2.23. The first-order chi connectivity index (χ1) is 10.1. The second-order valence-electron chi connectivity index (χ2n) is 4.88. The van der Waals surface area contributed by atoms with Gasteiger partial charge in [-0.1, -0.05) is 25.1 Å². The van der Waals surface area contributed by atoms with Gasteiger partial charge in [0.15, 0.2) is 0 Å². The van der Waals surface area contributed by atoms with Gasteiger partial charge in [0.2, 0.25) is 0 Å². The Morgan fingerprint density at radius 1 is 1.14 bits per heavy atom. The van der Waals surface area contributed by atoms with Crippen LogP contribution in [0.5, 0.6) is 17.2 Å². The highest BCUT2D eigenvalue weighted by molar-refractivity contribution is 9.10. The lowest BCUT2D eigenvalue weighted by Crippen LogP contribution is -2.21. The molecular formula is C17H20BrNO2. The van der Waals surface area contributed by atoms with Gasteiger partial charge in [-0.05, 0) is 58.6 Å². The lowest BCUT2D eigenvalue weighted by Gasteiger charge is -2.15. The standard InChI is InChI=1S/C17H20BrNO2/c1-3-13(19)10-12-6-4-5-7-16(12)21-17-9-8-14(20-2)11-15(17)18/h4-9,11,13H,3,10,19H2,1-2H3. The Labute approximate surface area is 134 Å². The van der Waals surface area contributed by atoms with Crippen molar-refractivity contribution in [2.75, 3.05) is 7.11 Å². The summed E-state index contributed by atoms with van der Waals surface area (Å²) in [5, 5.41) is 0. The molecule has 4 heteroatoms. The van der Waals surface area contributed by atoms with Gasteiger partial charge in [-0.2, -0.15) is 0 Å². The number of para-hydroxylation sites is 1. The molecule has 2 N–H and O–H groups in total. The Hall–Kier alpha value is -1.52. The van der Waals surface area contributed by atoms with Crippen molar-refractivity contribution in [3.05, 3.63) is 52.5 Å². The van der Waals surface area contributed by atoms with E-state index in [-0.39, 0.29) is 6.04 Å². The molecule has 0 aliphatic heterocycles. The summed E-state index contributed by atoms with van der Waals surface area (Å²) in [6.07, 6.45) is 1.75. The van der Waals surface area contributed by atoms with Gasteiger partial charge >= 0.3 is 0 Å². The van der Waals surface area contributed by atoms with Crippen molar-refractivity contribution in [1.82, 2.24) is 0 Å². The summed E-state index contributed by atoms with van der Waals surface area (Å²) in [6, 6.07) is 13.8. The molecule has 0 aliphatic carbocycles. The zero-order valence-electron chi connectivity index (χ0n) is 12.3. The average Bonchev–Trinajstić information content (AvgIpc) is 2.50. The molecule has 1 unspecified atom stereocenters. The fraction of sp³-hybridized carbons (Fsp3) is 0.294. The number of methoxy groups -OCH3 is 1. The zero-order chi connectivity index (χ0) is 15.2. The van der Waals surface area contributed by atoms with Gasteiger partial charge in [0.25, 0.3) is 0 Å². The first kappa shape index (κ1) is 15.9. The van der Waals surface area contributed by atoms with Gasteiger partial charge in [0, 0.05) is 6.04 Å². The maximum Gasteiger partial charge on any atom is 0.141 e. The maximum atomic E-state index is 6.05. The predicted octanol–water partition coefficient (Wildman–Crippen LogP) is 4.53. The van der Waals surface area contributed by atoms with E-state index in [2.05, 4.69) is 28.9 Å². The number of benzene rings is 2. The Kier molecular flexibility index (Phi) is 5.65. The molecule has 0 heterocycles. The lowest BCUT2D eigenvalue weighted by molar-refractivity contribution is 0.412. The molecule has 0 bridgehead atoms. The van der Waals surface area contributed by atoms with E-state index < -0.39 is 0 Å². The minimum absolute atomic E-state index is 0.147. The third kappa shape index (κ3) is 4.22. The number of hydrogen-bond acceptors (Lipinski definition) is 3. The second-order valence-corrected chi connectivity index (χ2v) is 5.73. The Morgan fingerprint density at radius 2 is 1.90 bits per heavy atom. The van der Waals surface area contributed by atoms with E-state index in [1.165, 1.54) is 0 Å². The van der Waals surface area contributed by atoms with Gasteiger partial charge in [0.05, 0.1) is 11.6 Å². The third-order valence-corrected chi connectivity index (χ3v) is 3.96. The molecule has 2 aromatic carbocycles. The molecule has 0 saturated carbocycles. The van der Waals surface area contributed by atoms with Gasteiger partial charge < -0.3 is 15.2 Å². The molecule has 0 fully saturated rings. The van der Waals surface area contributed by atoms with Crippen molar-refractivity contribution in [2.45, 2.75) is 25.8 Å². The predicted molar refractivity (Wildman–Crippen MR) is 89.2 cm³/mol. The van der Waals surface area contributed by atoms with Crippen molar-refractivity contribution >= 4 is 15.9 Å². The molecule has 0 spiro atoms. The van der Waals surface area contributed by atoms with E-state index in [1.54, 1.807) is 7.11 Å². The number of ether oxygens (including phenoxy) is 2. The van der Waals surface area contributed by atoms with E-state index in [4.69, 9.17) is 15.2 Å². The highest BCUT2D eigenvalue weighted by Gasteiger charge is 2.10. The summed E-state index contributed by atoms with van der Waals surface area (Å²) in [7, 11) is 1.64. The van der Waals surface area contributed by atoms with Crippen LogP contribution in [-0.2, 0) is 6.42 Å². The SMILES string of the molecule is CCC(N)Cc1ccccc1Oc1ccc(OC)cc1Br. The molecule has 0 saturated heterocycles. The fourth-order valence-corrected chi connectivity index (χ4v) is 2.45. The largest absolute Gasteiger partial charge is 0.497 e. The Morgan fingerprint density at radius 3 is 2.57 bits per heavy atom. The number of hydrogen-bond donors (Lipinski definition) is 1. The smallest absolute Gasteiger partial charge is 0.141 e. The van der Waals surface area contributed by atoms with Crippen molar-refractivity contribution in [2.24, 2.45) is 5.73 Å². The minimum Gasteiger partial charge on any atom is -0.497 e. The summed E-state index contributed by atoms with van der Waals surface area (Å²) in [6.45, 7) is 2.09. The molecule has 0 aliphatic rings. The Bertz CT molecular complexity index is 601. The number of nitrogens with two attached hydrogens (primary N) is 1. The van der Waals surface area contributed by atoms with Gasteiger partial charge in [-0.25, -0.2) is 0 Å². The molecule has 3 nitrogen and oxygen atoms in total. The lowest BCUT2D eigenvalue weighted by atomic mass is 10.0. The molecular weight excluding hydrogens is 330 g/mol. The molecule has 0 radical (unpaired) electrons. The van der Waals surface area contributed by atoms with Gasteiger partial charge in [-0.15, -0.1) is 0 Å². The van der Waals surface area contributed by atoms with E-state index in [0.717, 1.165) is 40.1 Å². The number of rotatable bonds is 6. The van der Waals surface area contributed by atoms with E-state index in [0.29, 0.717) is 0 Å². The van der Waals surface area contributed by atoms with Crippen LogP contribution in [0.15, 0.2) is 46.9 Å². The normalized spacial score (nSPS) is 12.0. The molecule has 112 valence electrons. The summed E-state index contributed by atoms with van der Waals surface area (Å²) < 4.78 is 12.1. The van der Waals surface area contributed by atoms with E-state index >= 15 is 0 Å². The number of halogens is 1. The van der Waals surface area contributed by atoms with Crippen LogP contribution in [0, 0.1) is 0 Å². The summed E-state index contributed by atoms with van der Waals surface area (Å²) in [5.74, 6) is 2.39. The summed E-state index contributed by atoms with van der Waals surface area (Å²) in [5.41, 5.74) is 7.17. The monoisotopic (exact) mass is 349 g/mol. The van der Waals surface area contributed by atoms with Crippen molar-refractivity contribution in [3.8, 4) is 17.2 Å². The molecule has 2 aromatic rings. The van der Waals surface area contributed by atoms with Crippen molar-refractivity contribution in [3.63, 3.8) is 0 Å². The van der Waals surface area contributed by atoms with Crippen LogP contribution in [0.4, 0.5) is 0 Å². The van der Waals surface area contributed by atoms with Crippen LogP contribution in [0.3, 0.4) is 0 Å². The topological polar surface area (TPSA) is 44.5 Å². The fourth-order valence-electron chi connectivity index (χ4n) is 2.01. The van der Waals surface area contributed by atoms with Crippen LogP contribution in [0.1, 0.15) is 18.9 Å². The van der Waals surface area contributed by atoms with Crippen LogP contribution in [0.25, 0.3) is 0 Å². The van der Waals surface area contributed by atoms with Gasteiger partial charge in [-0.3, -0.25) is 0 Å². The molecule has 2 rings (SSSR count). The van der Waals surface area contributed by atoms with Crippen LogP contribution >= 0.6 is 15.9 Å². The molecule has 1 atom stereocenters. The average molecular weight is 350 g/mol. The van der Waals surface area contributed by atoms with E-state index in [9.17, 15) is 0 Å². The summed E-state index contributed by atoms with van der Waals surface area (Å²) >= 11 is 3.50. The third-order valence-electron chi connectivity index (χ3n) is 3.34. The van der Waals surface area contributed by atoms with Crippen LogP contribution in [0.2, 0.25) is 0 Å². The summed E-state index contributed by atoms with van der Waals surface area (Å²) in [4.78, 5) is 0. The maximum absolute atomic E-state index is 6.05. The molecule has 21 heavy (non-hydrogen) atoms. The quantitative estimate of drug-likeness (QED) is 0.833. The van der Waals surface area contributed by atoms with Crippen molar-refractivity contribution < 1.29 is 9.47 Å². The minimum atomic E-state index is 0.147. The van der Waals surface area contributed by atoms with E-state index in [1.807, 2.05) is 36.4 Å². The van der Waals surface area contributed by atoms with Crippen LogP contribution < -0.4 is 15.2 Å². The highest BCUT2D eigenvalue weighted by atomic mass is 79.9. The zero-order valence-corrected chi connectivity index (χ0v) is 13.9. The highest BCUT2D eigenvalue weighted by Crippen LogP contribution is 2.34. The van der Waals surface area contributed by atoms with Crippen LogP contribution in [-0.4, -0.2) is 13.2 Å². The second kappa shape index (κ2) is 7.48. The first-order valence-electron chi connectivity index (χ1n) is 6.99. The molecule has 0 aromatic heterocycles. The first-order valence-corrected chi connectivity index (χ1v) is 7.78. The molecule has 0 amide bonds. The van der Waals surface area contributed by atoms with Crippen molar-refractivity contribution in [1.29, 1.82) is 0 Å².